The maximum Gasteiger partial charge on any atom is 0.166 e. The van der Waals surface area contributed by atoms with Gasteiger partial charge in [0.05, 0.1) is 19.0 Å². The minimum atomic E-state index is -0.106. The summed E-state index contributed by atoms with van der Waals surface area (Å²) in [4.78, 5) is 12.4. The van der Waals surface area contributed by atoms with E-state index in [-0.39, 0.29) is 12.3 Å². The Kier molecular flexibility index (Phi) is 6.13. The van der Waals surface area contributed by atoms with Crippen LogP contribution < -0.4 is 0 Å². The smallest absolute Gasteiger partial charge is 0.166 e. The highest BCUT2D eigenvalue weighted by Crippen LogP contribution is 2.31. The van der Waals surface area contributed by atoms with E-state index in [1.165, 1.54) is 6.33 Å². The van der Waals surface area contributed by atoms with Gasteiger partial charge in [0, 0.05) is 0 Å². The number of aromatic nitrogens is 4. The van der Waals surface area contributed by atoms with Crippen molar-refractivity contribution < 1.29 is 9.47 Å². The molecule has 2 aromatic rings. The zero-order valence-corrected chi connectivity index (χ0v) is 13.5. The molecule has 0 spiro atoms. The summed E-state index contributed by atoms with van der Waals surface area (Å²) in [5.74, 6) is 2.44. The molecule has 6 nitrogen and oxygen atoms in total. The monoisotopic (exact) mass is 322 g/mol. The van der Waals surface area contributed by atoms with E-state index in [9.17, 15) is 0 Å². The Labute approximate surface area is 134 Å². The quantitative estimate of drug-likeness (QED) is 0.492. The summed E-state index contributed by atoms with van der Waals surface area (Å²) in [6.07, 6.45) is 9.96. The number of halogens is 1. The van der Waals surface area contributed by atoms with Crippen molar-refractivity contribution in [3.8, 4) is 12.3 Å². The van der Waals surface area contributed by atoms with E-state index >= 15 is 0 Å². The van der Waals surface area contributed by atoms with E-state index in [0.717, 1.165) is 12.8 Å². The molecule has 3 heterocycles. The highest BCUT2D eigenvalue weighted by molar-refractivity contribution is 6.33. The van der Waals surface area contributed by atoms with Crippen LogP contribution >= 0.6 is 11.6 Å². The number of ether oxygens (including phenoxy) is 2. The second kappa shape index (κ2) is 8.08. The Morgan fingerprint density at radius 1 is 1.41 bits per heavy atom. The van der Waals surface area contributed by atoms with Gasteiger partial charge in [-0.15, -0.1) is 6.42 Å². The Morgan fingerprint density at radius 2 is 2.23 bits per heavy atom. The standard InChI is InChI=1S/C13H13ClN4O2.C2H6/c1-2-5-19-6-9-3-4-10(20-9)18-8-17-11-12(14)15-7-16-13(11)18;1-2/h1,7-10H,3-6H2;1-2H3. The normalized spacial score (nSPS) is 20.5. The van der Waals surface area contributed by atoms with Crippen molar-refractivity contribution in [2.75, 3.05) is 13.2 Å². The summed E-state index contributed by atoms with van der Waals surface area (Å²) in [5.41, 5.74) is 1.27. The molecule has 0 N–H and O–H groups in total. The highest BCUT2D eigenvalue weighted by Gasteiger charge is 2.28. The number of rotatable bonds is 4. The molecule has 22 heavy (non-hydrogen) atoms. The van der Waals surface area contributed by atoms with Crippen molar-refractivity contribution >= 4 is 22.8 Å². The fourth-order valence-corrected chi connectivity index (χ4v) is 2.47. The highest BCUT2D eigenvalue weighted by atomic mass is 35.5. The van der Waals surface area contributed by atoms with Gasteiger partial charge in [-0.1, -0.05) is 31.4 Å². The molecule has 0 radical (unpaired) electrons. The number of hydrogen-bond acceptors (Lipinski definition) is 5. The largest absolute Gasteiger partial charge is 0.366 e. The number of fused-ring (bicyclic) bond motifs is 1. The second-order valence-electron chi connectivity index (χ2n) is 4.50. The minimum Gasteiger partial charge on any atom is -0.366 e. The van der Waals surface area contributed by atoms with Crippen LogP contribution in [0.3, 0.4) is 0 Å². The molecule has 0 saturated carbocycles. The molecule has 1 aliphatic rings. The first-order valence-corrected chi connectivity index (χ1v) is 7.67. The molecule has 3 rings (SSSR count). The number of hydrogen-bond donors (Lipinski definition) is 0. The second-order valence-corrected chi connectivity index (χ2v) is 4.86. The fourth-order valence-electron chi connectivity index (χ4n) is 2.30. The van der Waals surface area contributed by atoms with Gasteiger partial charge in [-0.3, -0.25) is 4.57 Å². The van der Waals surface area contributed by atoms with Crippen LogP contribution in [0.25, 0.3) is 11.2 Å². The molecule has 2 unspecified atom stereocenters. The molecule has 118 valence electrons. The van der Waals surface area contributed by atoms with Gasteiger partial charge >= 0.3 is 0 Å². The maximum absolute atomic E-state index is 5.98. The van der Waals surface area contributed by atoms with Gasteiger partial charge in [-0.25, -0.2) is 15.0 Å². The first-order chi connectivity index (χ1) is 10.8. The number of terminal acetylenes is 1. The zero-order chi connectivity index (χ0) is 15.9. The van der Waals surface area contributed by atoms with E-state index in [1.54, 1.807) is 6.33 Å². The van der Waals surface area contributed by atoms with Gasteiger partial charge in [-0.2, -0.15) is 0 Å². The molecular weight excluding hydrogens is 304 g/mol. The predicted molar refractivity (Wildman–Crippen MR) is 84.5 cm³/mol. The third-order valence-corrected chi connectivity index (χ3v) is 3.48. The molecule has 0 aromatic carbocycles. The lowest BCUT2D eigenvalue weighted by Gasteiger charge is -2.14. The summed E-state index contributed by atoms with van der Waals surface area (Å²) in [7, 11) is 0. The molecular formula is C15H19ClN4O2. The third-order valence-electron chi connectivity index (χ3n) is 3.20. The van der Waals surface area contributed by atoms with E-state index in [2.05, 4.69) is 20.9 Å². The summed E-state index contributed by atoms with van der Waals surface area (Å²) in [5, 5.41) is 0.348. The Hall–Kier alpha value is -1.68. The molecule has 1 aliphatic heterocycles. The molecule has 2 atom stereocenters. The minimum absolute atomic E-state index is 0.0445. The summed E-state index contributed by atoms with van der Waals surface area (Å²) >= 11 is 5.98. The van der Waals surface area contributed by atoms with Crippen LogP contribution in [-0.4, -0.2) is 38.8 Å². The van der Waals surface area contributed by atoms with Crippen molar-refractivity contribution in [2.24, 2.45) is 0 Å². The average molecular weight is 323 g/mol. The third kappa shape index (κ3) is 3.55. The average Bonchev–Trinajstić information content (AvgIpc) is 3.17. The lowest BCUT2D eigenvalue weighted by atomic mass is 10.2. The van der Waals surface area contributed by atoms with E-state index in [1.807, 2.05) is 18.4 Å². The molecule has 0 bridgehead atoms. The van der Waals surface area contributed by atoms with Crippen LogP contribution in [-0.2, 0) is 9.47 Å². The van der Waals surface area contributed by atoms with Crippen molar-refractivity contribution in [1.29, 1.82) is 0 Å². The van der Waals surface area contributed by atoms with Crippen LogP contribution in [0.2, 0.25) is 5.15 Å². The van der Waals surface area contributed by atoms with E-state index < -0.39 is 0 Å². The summed E-state index contributed by atoms with van der Waals surface area (Å²) < 4.78 is 13.1. The van der Waals surface area contributed by atoms with E-state index in [0.29, 0.717) is 29.5 Å². The van der Waals surface area contributed by atoms with Crippen LogP contribution in [0.15, 0.2) is 12.7 Å². The van der Waals surface area contributed by atoms with Crippen molar-refractivity contribution in [3.05, 3.63) is 17.8 Å². The van der Waals surface area contributed by atoms with Crippen molar-refractivity contribution in [1.82, 2.24) is 19.5 Å². The SMILES string of the molecule is C#CCOCC1CCC(n2cnc3c(Cl)ncnc32)O1.CC. The number of nitrogens with zero attached hydrogens (tertiary/aromatic N) is 4. The van der Waals surface area contributed by atoms with E-state index in [4.69, 9.17) is 27.5 Å². The topological polar surface area (TPSA) is 62.1 Å². The van der Waals surface area contributed by atoms with Crippen molar-refractivity contribution in [3.63, 3.8) is 0 Å². The van der Waals surface area contributed by atoms with Crippen LogP contribution in [0.1, 0.15) is 32.9 Å². The van der Waals surface area contributed by atoms with Gasteiger partial charge < -0.3 is 9.47 Å². The van der Waals surface area contributed by atoms with Crippen LogP contribution in [0.5, 0.6) is 0 Å². The number of imidazole rings is 1. The van der Waals surface area contributed by atoms with Gasteiger partial charge in [0.2, 0.25) is 0 Å². The molecule has 1 fully saturated rings. The Bertz CT molecular complexity index is 653. The maximum atomic E-state index is 5.98. The first kappa shape index (κ1) is 16.7. The molecule has 1 saturated heterocycles. The summed E-state index contributed by atoms with van der Waals surface area (Å²) in [6.45, 7) is 4.81. The molecule has 0 aliphatic carbocycles. The lowest BCUT2D eigenvalue weighted by molar-refractivity contribution is -0.0346. The van der Waals surface area contributed by atoms with Gasteiger partial charge in [-0.05, 0) is 12.8 Å². The lowest BCUT2D eigenvalue weighted by Crippen LogP contribution is -2.16. The van der Waals surface area contributed by atoms with Gasteiger partial charge in [0.25, 0.3) is 0 Å². The predicted octanol–water partition coefficient (Wildman–Crippen LogP) is 2.83. The van der Waals surface area contributed by atoms with Gasteiger partial charge in [0.15, 0.2) is 10.8 Å². The molecule has 7 heteroatoms. The molecule has 0 amide bonds. The molecule has 2 aromatic heterocycles. The Balaban J connectivity index is 0.000000847. The Morgan fingerprint density at radius 3 is 3.00 bits per heavy atom. The van der Waals surface area contributed by atoms with Gasteiger partial charge in [0.1, 0.15) is 24.7 Å². The van der Waals surface area contributed by atoms with Crippen LogP contribution in [0, 0.1) is 12.3 Å². The first-order valence-electron chi connectivity index (χ1n) is 7.29. The van der Waals surface area contributed by atoms with Crippen molar-refractivity contribution in [2.45, 2.75) is 39.0 Å². The fraction of sp³-hybridized carbons (Fsp3) is 0.533. The summed E-state index contributed by atoms with van der Waals surface area (Å²) in [6, 6.07) is 0. The zero-order valence-electron chi connectivity index (χ0n) is 12.7. The van der Waals surface area contributed by atoms with Crippen LogP contribution in [0.4, 0.5) is 0 Å².